The zero-order valence-corrected chi connectivity index (χ0v) is 32.6. The highest BCUT2D eigenvalue weighted by Gasteiger charge is 2.22. The molecular weight excluding hydrogens is 729 g/mol. The van der Waals surface area contributed by atoms with Crippen molar-refractivity contribution in [3.63, 3.8) is 0 Å². The van der Waals surface area contributed by atoms with E-state index in [4.69, 9.17) is 9.97 Å². The Morgan fingerprint density at radius 3 is 1.47 bits per heavy atom. The fourth-order valence-corrected chi connectivity index (χ4v) is 9.22. The van der Waals surface area contributed by atoms with Gasteiger partial charge in [-0.05, 0) is 82.6 Å². The van der Waals surface area contributed by atoms with Crippen LogP contribution in [0.1, 0.15) is 0 Å². The largest absolute Gasteiger partial charge is 0.309 e. The van der Waals surface area contributed by atoms with Gasteiger partial charge in [0.15, 0.2) is 5.82 Å². The van der Waals surface area contributed by atoms with Crippen molar-refractivity contribution < 1.29 is 0 Å². The van der Waals surface area contributed by atoms with Crippen LogP contribution < -0.4 is 0 Å². The predicted molar refractivity (Wildman–Crippen MR) is 250 cm³/mol. The number of fused-ring (bicyclic) bond motifs is 8. The number of benzene rings is 9. The van der Waals surface area contributed by atoms with E-state index < -0.39 is 0 Å². The lowest BCUT2D eigenvalue weighted by Crippen LogP contribution is -1.99. The molecule has 12 aromatic rings. The van der Waals surface area contributed by atoms with Gasteiger partial charge in [-0.2, -0.15) is 0 Å². The number of hydrogen-bond acceptors (Lipinski definition) is 2. The lowest BCUT2D eigenvalue weighted by atomic mass is 9.99. The fraction of sp³-hybridized carbons (Fsp3) is 0. The fourth-order valence-electron chi connectivity index (χ4n) is 9.22. The Morgan fingerprint density at radius 1 is 0.300 bits per heavy atom. The Labute approximate surface area is 346 Å². The van der Waals surface area contributed by atoms with Crippen LogP contribution in [0.5, 0.6) is 0 Å². The molecule has 3 aromatic heterocycles. The minimum Gasteiger partial charge on any atom is -0.309 e. The topological polar surface area (TPSA) is 35.6 Å². The van der Waals surface area contributed by atoms with Gasteiger partial charge in [-0.3, -0.25) is 0 Å². The van der Waals surface area contributed by atoms with Crippen LogP contribution in [0.4, 0.5) is 0 Å². The first-order chi connectivity index (χ1) is 29.8. The lowest BCUT2D eigenvalue weighted by Gasteiger charge is -2.15. The van der Waals surface area contributed by atoms with Crippen molar-refractivity contribution in [2.75, 3.05) is 0 Å². The molecule has 4 nitrogen and oxygen atoms in total. The molecule has 3 heterocycles. The number of nitrogens with zero attached hydrogens (tertiary/aromatic N) is 4. The molecule has 0 saturated heterocycles. The maximum absolute atomic E-state index is 5.41. The smallest absolute Gasteiger partial charge is 0.161 e. The van der Waals surface area contributed by atoms with Gasteiger partial charge in [0.1, 0.15) is 0 Å². The van der Waals surface area contributed by atoms with Crippen LogP contribution in [0.2, 0.25) is 0 Å². The monoisotopic (exact) mass is 764 g/mol. The summed E-state index contributed by atoms with van der Waals surface area (Å²) in [5.74, 6) is 0.684. The van der Waals surface area contributed by atoms with Crippen molar-refractivity contribution in [1.29, 1.82) is 0 Å². The van der Waals surface area contributed by atoms with Gasteiger partial charge in [0, 0.05) is 49.6 Å². The molecule has 0 unspecified atom stereocenters. The van der Waals surface area contributed by atoms with Gasteiger partial charge in [-0.1, -0.05) is 158 Å². The summed E-state index contributed by atoms with van der Waals surface area (Å²) < 4.78 is 4.83. The summed E-state index contributed by atoms with van der Waals surface area (Å²) in [4.78, 5) is 10.8. The van der Waals surface area contributed by atoms with Crippen LogP contribution in [-0.4, -0.2) is 19.1 Å². The second-order valence-electron chi connectivity index (χ2n) is 15.4. The molecule has 4 heteroatoms. The summed E-state index contributed by atoms with van der Waals surface area (Å²) in [7, 11) is 0. The molecule has 0 bridgehead atoms. The molecule has 0 radical (unpaired) electrons. The van der Waals surface area contributed by atoms with Crippen molar-refractivity contribution in [3.05, 3.63) is 218 Å². The molecule has 0 aliphatic rings. The molecule has 0 fully saturated rings. The second-order valence-corrected chi connectivity index (χ2v) is 15.4. The first-order valence-corrected chi connectivity index (χ1v) is 20.4. The molecule has 280 valence electrons. The Morgan fingerprint density at radius 2 is 0.800 bits per heavy atom. The Bertz CT molecular complexity index is 3580. The van der Waals surface area contributed by atoms with Crippen molar-refractivity contribution >= 4 is 54.4 Å². The third-order valence-electron chi connectivity index (χ3n) is 11.9. The molecule has 0 saturated carbocycles. The van der Waals surface area contributed by atoms with Crippen molar-refractivity contribution in [2.45, 2.75) is 0 Å². The van der Waals surface area contributed by atoms with Gasteiger partial charge in [0.05, 0.1) is 33.5 Å². The van der Waals surface area contributed by atoms with E-state index in [0.29, 0.717) is 5.82 Å². The minimum absolute atomic E-state index is 0.684. The van der Waals surface area contributed by atoms with Gasteiger partial charge in [-0.25, -0.2) is 9.97 Å². The van der Waals surface area contributed by atoms with Crippen molar-refractivity contribution in [2.24, 2.45) is 0 Å². The summed E-state index contributed by atoms with van der Waals surface area (Å²) in [5, 5.41) is 7.17. The van der Waals surface area contributed by atoms with Gasteiger partial charge >= 0.3 is 0 Å². The lowest BCUT2D eigenvalue weighted by molar-refractivity contribution is 1.16. The van der Waals surface area contributed by atoms with Crippen molar-refractivity contribution in [3.8, 4) is 56.4 Å². The molecule has 60 heavy (non-hydrogen) atoms. The SMILES string of the molecule is c1ccc(-c2cccc(-c3cc(-c4ccccc4)nc(-c4cc(-n5c6ccccc6c6c7c8ccccc8n(-c8ccccc8)c7ccc65)cc5ccccc45)n3)c2)cc1. The van der Waals surface area contributed by atoms with Crippen molar-refractivity contribution in [1.82, 2.24) is 19.1 Å². The van der Waals surface area contributed by atoms with Gasteiger partial charge in [0.2, 0.25) is 0 Å². The van der Waals surface area contributed by atoms with E-state index in [1.165, 1.54) is 38.1 Å². The quantitative estimate of drug-likeness (QED) is 0.169. The van der Waals surface area contributed by atoms with Crippen LogP contribution in [0.3, 0.4) is 0 Å². The summed E-state index contributed by atoms with van der Waals surface area (Å²) >= 11 is 0. The van der Waals surface area contributed by atoms with Crippen LogP contribution in [0.25, 0.3) is 111 Å². The predicted octanol–water partition coefficient (Wildman–Crippen LogP) is 14.5. The summed E-state index contributed by atoms with van der Waals surface area (Å²) in [5.41, 5.74) is 14.0. The average Bonchev–Trinajstić information content (AvgIpc) is 3.85. The summed E-state index contributed by atoms with van der Waals surface area (Å²) in [6.07, 6.45) is 0. The highest BCUT2D eigenvalue weighted by atomic mass is 15.0. The molecule has 0 aliphatic carbocycles. The van der Waals surface area contributed by atoms with Crippen LogP contribution in [0.15, 0.2) is 218 Å². The molecule has 0 spiro atoms. The molecule has 0 amide bonds. The molecule has 0 atom stereocenters. The zero-order chi connectivity index (χ0) is 39.6. The molecular formula is C56H36N4. The van der Waals surface area contributed by atoms with E-state index in [-0.39, 0.29) is 0 Å². The van der Waals surface area contributed by atoms with Gasteiger partial charge in [-0.15, -0.1) is 0 Å². The van der Waals surface area contributed by atoms with E-state index >= 15 is 0 Å². The number of hydrogen-bond donors (Lipinski definition) is 0. The maximum atomic E-state index is 5.41. The highest BCUT2D eigenvalue weighted by Crippen LogP contribution is 2.43. The summed E-state index contributed by atoms with van der Waals surface area (Å²) in [6.45, 7) is 0. The van der Waals surface area contributed by atoms with Gasteiger partial charge < -0.3 is 9.13 Å². The minimum atomic E-state index is 0.684. The molecule has 0 N–H and O–H groups in total. The molecule has 12 rings (SSSR count). The number of rotatable bonds is 6. The third-order valence-corrected chi connectivity index (χ3v) is 11.9. The molecule has 9 aromatic carbocycles. The highest BCUT2D eigenvalue weighted by molar-refractivity contribution is 6.29. The Kier molecular flexibility index (Phi) is 7.82. The third kappa shape index (κ3) is 5.46. The summed E-state index contributed by atoms with van der Waals surface area (Å²) in [6, 6.07) is 77.9. The van der Waals surface area contributed by atoms with Crippen LogP contribution >= 0.6 is 0 Å². The van der Waals surface area contributed by atoms with Crippen LogP contribution in [-0.2, 0) is 0 Å². The van der Waals surface area contributed by atoms with E-state index in [9.17, 15) is 0 Å². The van der Waals surface area contributed by atoms with E-state index in [1.807, 2.05) is 6.07 Å². The molecule has 0 aliphatic heterocycles. The average molecular weight is 765 g/mol. The number of para-hydroxylation sites is 3. The van der Waals surface area contributed by atoms with E-state index in [1.54, 1.807) is 0 Å². The van der Waals surface area contributed by atoms with E-state index in [0.717, 1.165) is 66.8 Å². The maximum Gasteiger partial charge on any atom is 0.161 e. The standard InChI is InChI=1S/C56H36N4/c1-4-17-37(18-5-1)39-22-16-23-41(33-39)49-36-48(38-19-6-2-7-20-38)57-56(58-49)47-35-43(34-40-21-10-11-26-44(40)47)60-51-30-15-13-28-46(51)55-53(60)32-31-52-54(55)45-27-12-14-29-50(45)59(52)42-24-8-3-9-25-42/h1-36H. The first kappa shape index (κ1) is 34.0. The van der Waals surface area contributed by atoms with E-state index in [2.05, 4.69) is 221 Å². The van der Waals surface area contributed by atoms with Crippen LogP contribution in [0, 0.1) is 0 Å². The normalized spacial score (nSPS) is 11.7. The number of aromatic nitrogens is 4. The second kappa shape index (κ2) is 13.8. The Balaban J connectivity index is 1.12. The van der Waals surface area contributed by atoms with Gasteiger partial charge in [0.25, 0.3) is 0 Å². The zero-order valence-electron chi connectivity index (χ0n) is 32.6. The Hall–Kier alpha value is -8.08. The first-order valence-electron chi connectivity index (χ1n) is 20.4.